The highest BCUT2D eigenvalue weighted by Gasteiger charge is 2.10. The molecule has 0 radical (unpaired) electrons. The highest BCUT2D eigenvalue weighted by atomic mass is 15.3. The topological polar surface area (TPSA) is 84.7 Å². The fraction of sp³-hybridized carbons (Fsp3) is 0.500. The maximum atomic E-state index is 5.59. The quantitative estimate of drug-likeness (QED) is 0.415. The number of hydrogen-bond acceptors (Lipinski definition) is 6. The van der Waals surface area contributed by atoms with Crippen molar-refractivity contribution in [1.29, 1.82) is 0 Å². The normalized spacial score (nSPS) is 13.2. The van der Waals surface area contributed by atoms with Crippen LogP contribution in [0.25, 0.3) is 16.8 Å². The maximum absolute atomic E-state index is 5.59. The van der Waals surface area contributed by atoms with Crippen LogP contribution in [-0.4, -0.2) is 44.3 Å². The minimum absolute atomic E-state index is 0.247. The van der Waals surface area contributed by atoms with Crippen molar-refractivity contribution in [2.75, 3.05) is 19.8 Å². The van der Waals surface area contributed by atoms with Crippen molar-refractivity contribution in [2.24, 2.45) is 10.9 Å². The third-order valence-electron chi connectivity index (χ3n) is 6.05. The molecule has 0 unspecified atom stereocenters. The number of nitrogens with two attached hydrogens (primary N) is 1. The molecule has 1 fully saturated rings. The second-order valence-electron chi connectivity index (χ2n) is 9.59. The van der Waals surface area contributed by atoms with Gasteiger partial charge in [0.1, 0.15) is 0 Å². The molecule has 7 nitrogen and oxygen atoms in total. The van der Waals surface area contributed by atoms with Crippen molar-refractivity contribution in [1.82, 2.24) is 24.5 Å². The number of pyridine rings is 1. The van der Waals surface area contributed by atoms with Gasteiger partial charge in [-0.25, -0.2) is 9.50 Å². The number of hydrogen-bond donors (Lipinski definition) is 1. The van der Waals surface area contributed by atoms with Crippen molar-refractivity contribution < 1.29 is 0 Å². The van der Waals surface area contributed by atoms with Crippen molar-refractivity contribution in [3.8, 4) is 11.3 Å². The van der Waals surface area contributed by atoms with Crippen LogP contribution >= 0.6 is 0 Å². The Hall–Kier alpha value is -3.22. The molecule has 3 aromatic rings. The predicted octanol–water partition coefficient (Wildman–Crippen LogP) is 6.85. The summed E-state index contributed by atoms with van der Waals surface area (Å²) in [6, 6.07) is 5.89. The van der Waals surface area contributed by atoms with E-state index in [0.717, 1.165) is 46.2 Å². The van der Waals surface area contributed by atoms with E-state index < -0.39 is 0 Å². The van der Waals surface area contributed by atoms with Gasteiger partial charge in [0, 0.05) is 37.3 Å². The fourth-order valence-electron chi connectivity index (χ4n) is 3.82. The minimum Gasteiger partial charge on any atom is -0.381 e. The average Bonchev–Trinajstić information content (AvgIpc) is 3.24. The lowest BCUT2D eigenvalue weighted by Gasteiger charge is -2.15. The molecule has 0 spiro atoms. The third kappa shape index (κ3) is 8.81. The van der Waals surface area contributed by atoms with Gasteiger partial charge in [0.25, 0.3) is 0 Å². The van der Waals surface area contributed by atoms with Gasteiger partial charge in [0.15, 0.2) is 0 Å². The van der Waals surface area contributed by atoms with Gasteiger partial charge in [-0.15, -0.1) is 5.10 Å². The molecule has 1 aliphatic carbocycles. The molecule has 2 N–H and O–H groups in total. The van der Waals surface area contributed by atoms with Gasteiger partial charge in [0.05, 0.1) is 28.8 Å². The van der Waals surface area contributed by atoms with Gasteiger partial charge >= 0.3 is 0 Å². The fourth-order valence-corrected chi connectivity index (χ4v) is 3.82. The van der Waals surface area contributed by atoms with Crippen LogP contribution in [0.5, 0.6) is 0 Å². The molecule has 0 atom stereocenters. The second-order valence-corrected chi connectivity index (χ2v) is 9.59. The van der Waals surface area contributed by atoms with E-state index in [2.05, 4.69) is 40.5 Å². The zero-order valence-corrected chi connectivity index (χ0v) is 22.7. The highest BCUT2D eigenvalue weighted by molar-refractivity contribution is 5.83. The number of aromatic nitrogens is 4. The smallest absolute Gasteiger partial charge is 0.238 e. The summed E-state index contributed by atoms with van der Waals surface area (Å²) in [5.41, 5.74) is 12.3. The number of allylic oxidation sites excluding steroid dienone is 1. The number of rotatable bonds is 4. The van der Waals surface area contributed by atoms with Crippen LogP contribution in [-0.2, 0) is 0 Å². The van der Waals surface area contributed by atoms with E-state index in [1.807, 2.05) is 64.2 Å². The van der Waals surface area contributed by atoms with Crippen LogP contribution in [0.1, 0.15) is 71.9 Å². The largest absolute Gasteiger partial charge is 0.381 e. The molecule has 190 valence electrons. The van der Waals surface area contributed by atoms with E-state index in [0.29, 0.717) is 0 Å². The van der Waals surface area contributed by atoms with Gasteiger partial charge < -0.3 is 10.6 Å². The van der Waals surface area contributed by atoms with Crippen molar-refractivity contribution >= 4 is 22.9 Å². The van der Waals surface area contributed by atoms with Crippen LogP contribution in [0, 0.1) is 12.8 Å². The van der Waals surface area contributed by atoms with E-state index in [-0.39, 0.29) is 5.95 Å². The molecule has 1 saturated carbocycles. The minimum atomic E-state index is 0.247. The zero-order valence-electron chi connectivity index (χ0n) is 22.7. The Balaban J connectivity index is 0.000000253. The molecule has 0 saturated heterocycles. The van der Waals surface area contributed by atoms with Gasteiger partial charge in [0.2, 0.25) is 5.95 Å². The Morgan fingerprint density at radius 1 is 1.17 bits per heavy atom. The summed E-state index contributed by atoms with van der Waals surface area (Å²) in [7, 11) is 4.01. The lowest BCUT2D eigenvalue weighted by molar-refractivity contribution is 0.385. The summed E-state index contributed by atoms with van der Waals surface area (Å²) in [6.45, 7) is 14.2. The lowest BCUT2D eigenvalue weighted by Crippen LogP contribution is -2.08. The Labute approximate surface area is 211 Å². The molecule has 0 amide bonds. The van der Waals surface area contributed by atoms with Crippen LogP contribution in [0.15, 0.2) is 47.9 Å². The summed E-state index contributed by atoms with van der Waals surface area (Å²) in [4.78, 5) is 15.2. The number of aliphatic imine (C=N–C) groups is 1. The van der Waals surface area contributed by atoms with E-state index >= 15 is 0 Å². The molecule has 0 aromatic carbocycles. The van der Waals surface area contributed by atoms with Gasteiger partial charge in [-0.1, -0.05) is 52.5 Å². The number of aryl methyl sites for hydroxylation is 1. The summed E-state index contributed by atoms with van der Waals surface area (Å²) in [6.07, 6.45) is 12.0. The monoisotopic (exact) mass is 477 g/mol. The van der Waals surface area contributed by atoms with Crippen LogP contribution in [0.4, 0.5) is 11.6 Å². The first-order valence-corrected chi connectivity index (χ1v) is 12.6. The van der Waals surface area contributed by atoms with Crippen LogP contribution in [0.2, 0.25) is 0 Å². The van der Waals surface area contributed by atoms with Crippen molar-refractivity contribution in [3.63, 3.8) is 0 Å². The Bertz CT molecular complexity index is 1120. The molecular formula is C28H43N7. The second kappa shape index (κ2) is 13.6. The zero-order chi connectivity index (χ0) is 26.0. The molecule has 7 heteroatoms. The molecule has 3 heterocycles. The molecule has 1 aliphatic rings. The van der Waals surface area contributed by atoms with E-state index in [1.54, 1.807) is 10.7 Å². The molecular weight excluding hydrogens is 434 g/mol. The maximum Gasteiger partial charge on any atom is 0.238 e. The molecule has 35 heavy (non-hydrogen) atoms. The number of fused-ring (bicyclic) bond motifs is 1. The Morgan fingerprint density at radius 2 is 1.86 bits per heavy atom. The van der Waals surface area contributed by atoms with Gasteiger partial charge in [-0.3, -0.25) is 9.98 Å². The number of nitrogen functional groups attached to an aromatic ring is 1. The van der Waals surface area contributed by atoms with Crippen LogP contribution < -0.4 is 5.73 Å². The predicted molar refractivity (Wildman–Crippen MR) is 149 cm³/mol. The molecule has 0 bridgehead atoms. The molecule has 4 rings (SSSR count). The third-order valence-corrected chi connectivity index (χ3v) is 6.05. The average molecular weight is 478 g/mol. The standard InChI is InChI=1S/C15H16N6.C7H14.C6H13N/c1-9(2)18-12-4-5-13(19-10(12)3)11-6-7-21-14(11)8-17-15(16)20-21;1-7-5-3-2-4-6-7;1-5-6(2)7(3)4/h4-8H,1-3H3,(H2,16,20);7H,2-6H2,1H3;2,5H2,1,3-4H3. The van der Waals surface area contributed by atoms with Crippen LogP contribution in [0.3, 0.4) is 0 Å². The first kappa shape index (κ1) is 28.0. The number of anilines is 1. The molecule has 3 aromatic heterocycles. The first-order chi connectivity index (χ1) is 16.6. The summed E-state index contributed by atoms with van der Waals surface area (Å²) < 4.78 is 1.71. The van der Waals surface area contributed by atoms with E-state index in [4.69, 9.17) is 5.73 Å². The lowest BCUT2D eigenvalue weighted by atomic mass is 9.91. The number of nitrogens with zero attached hydrogens (tertiary/aromatic N) is 6. The van der Waals surface area contributed by atoms with Crippen molar-refractivity contribution in [2.45, 2.75) is 73.1 Å². The van der Waals surface area contributed by atoms with E-state index in [9.17, 15) is 0 Å². The van der Waals surface area contributed by atoms with E-state index in [1.165, 1.54) is 37.8 Å². The highest BCUT2D eigenvalue weighted by Crippen LogP contribution is 2.27. The van der Waals surface area contributed by atoms with Gasteiger partial charge in [-0.05, 0) is 51.3 Å². The summed E-state index contributed by atoms with van der Waals surface area (Å²) >= 11 is 0. The van der Waals surface area contributed by atoms with Crippen molar-refractivity contribution in [3.05, 3.63) is 48.6 Å². The summed E-state index contributed by atoms with van der Waals surface area (Å²) in [5.74, 6) is 1.28. The Kier molecular flexibility index (Phi) is 10.9. The molecule has 0 aliphatic heterocycles. The Morgan fingerprint density at radius 3 is 2.34 bits per heavy atom. The summed E-state index contributed by atoms with van der Waals surface area (Å²) in [5, 5.41) is 4.13. The SMILES string of the molecule is C=C(CC)N(C)C.CC(C)=Nc1ccc(-c2ccn3nc(N)ncc23)nc1C.CC1CCCCC1. The van der Waals surface area contributed by atoms with Gasteiger partial charge in [-0.2, -0.15) is 0 Å². The first-order valence-electron chi connectivity index (χ1n) is 12.6.